The Bertz CT molecular complexity index is 1920. The number of sulfonamides is 1. The van der Waals surface area contributed by atoms with Gasteiger partial charge in [-0.25, -0.2) is 8.42 Å². The number of ether oxygens (including phenoxy) is 2. The first-order chi connectivity index (χ1) is 25.2. The third kappa shape index (κ3) is 11.8. The van der Waals surface area contributed by atoms with Crippen molar-refractivity contribution in [2.75, 3.05) is 20.2 Å². The van der Waals surface area contributed by atoms with E-state index < -0.39 is 29.8 Å². The van der Waals surface area contributed by atoms with E-state index in [9.17, 15) is 13.0 Å². The summed E-state index contributed by atoms with van der Waals surface area (Å²) in [5.74, 6) is 1.85. The summed E-state index contributed by atoms with van der Waals surface area (Å²) in [6, 6.07) is 43.7. The molecule has 0 aromatic heterocycles. The third-order valence-electron chi connectivity index (χ3n) is 8.28. The molecule has 52 heavy (non-hydrogen) atoms. The summed E-state index contributed by atoms with van der Waals surface area (Å²) < 4.78 is 67.6. The van der Waals surface area contributed by atoms with Crippen molar-refractivity contribution in [1.82, 2.24) is 4.31 Å². The van der Waals surface area contributed by atoms with Crippen LogP contribution in [-0.2, 0) is 54.6 Å². The van der Waals surface area contributed by atoms with Gasteiger partial charge in [-0.05, 0) is 52.9 Å². The van der Waals surface area contributed by atoms with Crippen LogP contribution in [0.15, 0.2) is 162 Å². The largest absolute Gasteiger partial charge is 0.497 e. The molecule has 0 saturated heterocycles. The maximum atomic E-state index is 14.3. The fourth-order valence-electron chi connectivity index (χ4n) is 5.37. The van der Waals surface area contributed by atoms with Crippen LogP contribution in [0.4, 0.5) is 0 Å². The monoisotopic (exact) mass is 740 g/mol. The Hall–Kier alpha value is -4.38. The molecule has 0 radical (unpaired) electrons. The summed E-state index contributed by atoms with van der Waals surface area (Å²) in [6.07, 6.45) is 1.26. The number of nitrogens with zero attached hydrogens (tertiary/aromatic N) is 1. The number of hydrogen-bond acceptors (Lipinski definition) is 8. The minimum Gasteiger partial charge on any atom is -0.497 e. The molecule has 0 heterocycles. The molecule has 0 bridgehead atoms. The quantitative estimate of drug-likeness (QED) is 0.0799. The summed E-state index contributed by atoms with van der Waals surface area (Å²) in [4.78, 5) is 0.0592. The van der Waals surface area contributed by atoms with Crippen molar-refractivity contribution < 1.29 is 31.5 Å². The maximum Gasteiger partial charge on any atom is 0.354 e. The fourth-order valence-corrected chi connectivity index (χ4v) is 8.03. The Morgan fingerprint density at radius 3 is 1.62 bits per heavy atom. The van der Waals surface area contributed by atoms with Crippen LogP contribution in [-0.4, -0.2) is 45.1 Å². The molecule has 2 atom stereocenters. The first kappa shape index (κ1) is 38.8. The number of methoxy groups -OCH3 is 1. The van der Waals surface area contributed by atoms with Gasteiger partial charge < -0.3 is 24.3 Å². The van der Waals surface area contributed by atoms with Gasteiger partial charge in [0.25, 0.3) is 0 Å². The molecule has 11 heteroatoms. The molecule has 0 aliphatic heterocycles. The van der Waals surface area contributed by atoms with Crippen LogP contribution in [0.25, 0.3) is 0 Å². The zero-order valence-corrected chi connectivity index (χ0v) is 30.9. The molecule has 5 aromatic carbocycles. The molecule has 0 spiro atoms. The molecule has 0 saturated carbocycles. The van der Waals surface area contributed by atoms with Gasteiger partial charge >= 0.3 is 7.60 Å². The number of nitrogens with two attached hydrogens (primary N) is 1. The van der Waals surface area contributed by atoms with Gasteiger partial charge in [-0.2, -0.15) is 4.31 Å². The lowest BCUT2D eigenvalue weighted by atomic mass is 10.0. The van der Waals surface area contributed by atoms with Crippen molar-refractivity contribution >= 4 is 17.6 Å². The topological polar surface area (TPSA) is 117 Å². The zero-order chi connectivity index (χ0) is 36.7. The van der Waals surface area contributed by atoms with Crippen LogP contribution in [0, 0.1) is 0 Å². The van der Waals surface area contributed by atoms with Crippen LogP contribution in [0.3, 0.4) is 0 Å². The van der Waals surface area contributed by atoms with Crippen molar-refractivity contribution in [1.29, 1.82) is 0 Å². The second-order valence-corrected chi connectivity index (χ2v) is 16.0. The van der Waals surface area contributed by atoms with Gasteiger partial charge in [0, 0.05) is 24.9 Å². The molecule has 272 valence electrons. The normalized spacial score (nSPS) is 13.3. The highest BCUT2D eigenvalue weighted by Gasteiger charge is 2.31. The minimum atomic E-state index is -4.12. The Morgan fingerprint density at radius 1 is 0.673 bits per heavy atom. The molecule has 5 aromatic rings. The lowest BCUT2D eigenvalue weighted by molar-refractivity contribution is 0.0136. The molecular weight excluding hydrogens is 695 g/mol. The minimum absolute atomic E-state index is 0.0366. The maximum absolute atomic E-state index is 14.3. The average Bonchev–Trinajstić information content (AvgIpc) is 3.19. The van der Waals surface area contributed by atoms with E-state index in [1.54, 1.807) is 12.1 Å². The second kappa shape index (κ2) is 19.5. The van der Waals surface area contributed by atoms with Crippen molar-refractivity contribution in [3.05, 3.63) is 180 Å². The van der Waals surface area contributed by atoms with Gasteiger partial charge in [0.2, 0.25) is 10.0 Å². The summed E-state index contributed by atoms with van der Waals surface area (Å²) in [5.41, 5.74) is 10.4. The predicted molar refractivity (Wildman–Crippen MR) is 204 cm³/mol. The van der Waals surface area contributed by atoms with Crippen LogP contribution < -0.4 is 10.5 Å². The first-order valence-corrected chi connectivity index (χ1v) is 20.0. The highest BCUT2D eigenvalue weighted by Crippen LogP contribution is 2.51. The third-order valence-corrected chi connectivity index (χ3v) is 11.7. The second-order valence-electron chi connectivity index (χ2n) is 12.1. The fraction of sp³-hybridized carbons (Fsp3) is 0.220. The highest BCUT2D eigenvalue weighted by atomic mass is 32.2. The molecule has 0 amide bonds. The molecule has 9 nitrogen and oxygen atoms in total. The van der Waals surface area contributed by atoms with E-state index in [-0.39, 0.29) is 37.8 Å². The molecular formula is C41H45N2O7PS. The van der Waals surface area contributed by atoms with Crippen LogP contribution >= 0.6 is 7.60 Å². The lowest BCUT2D eigenvalue weighted by Crippen LogP contribution is -2.48. The van der Waals surface area contributed by atoms with Gasteiger partial charge in [0.15, 0.2) is 0 Å². The molecule has 0 fully saturated rings. The smallest absolute Gasteiger partial charge is 0.354 e. The van der Waals surface area contributed by atoms with Gasteiger partial charge in [0.1, 0.15) is 5.75 Å². The van der Waals surface area contributed by atoms with E-state index in [1.807, 2.05) is 121 Å². The van der Waals surface area contributed by atoms with Crippen molar-refractivity contribution in [3.63, 3.8) is 0 Å². The Balaban J connectivity index is 1.43. The Kier molecular flexibility index (Phi) is 14.5. The van der Waals surface area contributed by atoms with Gasteiger partial charge in [-0.15, -0.1) is 0 Å². The number of hydrogen-bond donors (Lipinski definition) is 1. The van der Waals surface area contributed by atoms with Crippen LogP contribution in [0.1, 0.15) is 22.3 Å². The molecule has 0 aliphatic carbocycles. The molecule has 0 aliphatic rings. The Morgan fingerprint density at radius 2 is 1.13 bits per heavy atom. The first-order valence-electron chi connectivity index (χ1n) is 17.0. The van der Waals surface area contributed by atoms with E-state index in [2.05, 4.69) is 0 Å². The predicted octanol–water partition coefficient (Wildman–Crippen LogP) is 7.98. The van der Waals surface area contributed by atoms with Gasteiger partial charge in [-0.3, -0.25) is 4.57 Å². The molecule has 5 rings (SSSR count). The lowest BCUT2D eigenvalue weighted by Gasteiger charge is -2.30. The summed E-state index contributed by atoms with van der Waals surface area (Å²) in [6.45, 7) is 0.0599. The Labute approximate surface area is 307 Å². The van der Waals surface area contributed by atoms with Gasteiger partial charge in [-0.1, -0.05) is 127 Å². The van der Waals surface area contributed by atoms with E-state index in [0.29, 0.717) is 12.2 Å². The summed E-state index contributed by atoms with van der Waals surface area (Å²) >= 11 is 0. The van der Waals surface area contributed by atoms with E-state index >= 15 is 0 Å². The molecule has 2 N–H and O–H groups in total. The zero-order valence-electron chi connectivity index (χ0n) is 29.1. The van der Waals surface area contributed by atoms with Crippen LogP contribution in [0.5, 0.6) is 5.75 Å². The van der Waals surface area contributed by atoms with Crippen molar-refractivity contribution in [3.8, 4) is 5.75 Å². The van der Waals surface area contributed by atoms with Crippen molar-refractivity contribution in [2.45, 2.75) is 43.3 Å². The SMILES string of the molecule is COc1ccc(S(=O)(=O)N(C/C=C/P(=O)(OCc2ccccc2)OCc2ccccc2)CC(OCc2ccccc2)C(N)Cc2ccccc2)cc1. The van der Waals surface area contributed by atoms with Gasteiger partial charge in [0.05, 0.1) is 37.9 Å². The summed E-state index contributed by atoms with van der Waals surface area (Å²) in [5, 5.41) is 0. The van der Waals surface area contributed by atoms with E-state index in [1.165, 1.54) is 35.4 Å². The number of benzene rings is 5. The average molecular weight is 741 g/mol. The van der Waals surface area contributed by atoms with E-state index in [0.717, 1.165) is 22.3 Å². The highest BCUT2D eigenvalue weighted by molar-refractivity contribution is 7.89. The van der Waals surface area contributed by atoms with Crippen LogP contribution in [0.2, 0.25) is 0 Å². The van der Waals surface area contributed by atoms with E-state index in [4.69, 9.17) is 24.3 Å². The molecule has 2 unspecified atom stereocenters. The number of rotatable bonds is 20. The standard InChI is InChI=1S/C41H45N2O7PS/c1-47-38-23-25-39(26-24-38)52(45,46)43(30-41(48-31-35-17-8-3-9-18-35)40(42)29-34-15-6-2-7-16-34)27-14-28-51(44,49-32-36-19-10-4-11-20-36)50-33-37-21-12-5-13-22-37/h2-26,28,40-41H,27,29-33,42H2,1H3/b28-14+. The van der Waals surface area contributed by atoms with Crippen molar-refractivity contribution in [2.24, 2.45) is 5.73 Å². The summed E-state index contributed by atoms with van der Waals surface area (Å²) in [7, 11) is -6.47.